The van der Waals surface area contributed by atoms with Crippen LogP contribution in [0.25, 0.3) is 10.9 Å². The molecule has 2 aromatic rings. The molecule has 0 aliphatic carbocycles. The molecule has 1 aromatic heterocycles. The van der Waals surface area contributed by atoms with Crippen molar-refractivity contribution in [3.8, 4) is 0 Å². The molecule has 1 aliphatic rings. The number of benzene rings is 1. The number of likely N-dealkylation sites (tertiary alicyclic amines) is 1. The lowest BCUT2D eigenvalue weighted by Crippen LogP contribution is -2.37. The zero-order valence-corrected chi connectivity index (χ0v) is 18.1. The third-order valence-electron chi connectivity index (χ3n) is 5.83. The molecule has 1 saturated heterocycles. The molecule has 1 fully saturated rings. The molecular weight excluding hydrogens is 414 g/mol. The monoisotopic (exact) mass is 441 g/mol. The summed E-state index contributed by atoms with van der Waals surface area (Å²) in [5.74, 6) is -1.62. The topological polar surface area (TPSA) is 56.4 Å². The number of rotatable bonds is 4. The summed E-state index contributed by atoms with van der Waals surface area (Å²) in [5.41, 5.74) is 1.30. The summed E-state index contributed by atoms with van der Waals surface area (Å²) in [6.45, 7) is 5.01. The fourth-order valence-electron chi connectivity index (χ4n) is 4.26. The first-order valence-electron chi connectivity index (χ1n) is 10.3. The summed E-state index contributed by atoms with van der Waals surface area (Å²) in [6, 6.07) is 3.20. The Morgan fingerprint density at radius 2 is 1.97 bits per heavy atom. The van der Waals surface area contributed by atoms with Crippen LogP contribution in [0.4, 0.5) is 17.6 Å². The van der Waals surface area contributed by atoms with E-state index in [0.29, 0.717) is 28.9 Å². The highest BCUT2D eigenvalue weighted by Crippen LogP contribution is 2.37. The number of amides is 2. The Bertz CT molecular complexity index is 997. The second kappa shape index (κ2) is 8.51. The van der Waals surface area contributed by atoms with Crippen molar-refractivity contribution in [1.82, 2.24) is 14.8 Å². The van der Waals surface area contributed by atoms with Gasteiger partial charge in [-0.05, 0) is 36.0 Å². The maximum atomic E-state index is 15.5. The summed E-state index contributed by atoms with van der Waals surface area (Å²) in [7, 11) is 1.06. The van der Waals surface area contributed by atoms with Crippen molar-refractivity contribution in [3.05, 3.63) is 34.8 Å². The Morgan fingerprint density at radius 1 is 1.29 bits per heavy atom. The van der Waals surface area contributed by atoms with Crippen LogP contribution >= 0.6 is 0 Å². The number of halogens is 4. The molecule has 1 atom stereocenters. The summed E-state index contributed by atoms with van der Waals surface area (Å²) in [6.07, 6.45) is -3.04. The smallest absolute Gasteiger partial charge is 0.348 e. The first kappa shape index (κ1) is 23.1. The van der Waals surface area contributed by atoms with Crippen LogP contribution in [0.5, 0.6) is 0 Å². The maximum Gasteiger partial charge on any atom is 0.406 e. The first-order valence-corrected chi connectivity index (χ1v) is 10.3. The molecule has 1 aromatic carbocycles. The van der Waals surface area contributed by atoms with Gasteiger partial charge in [0, 0.05) is 38.4 Å². The lowest BCUT2D eigenvalue weighted by atomic mass is 9.86. The highest BCUT2D eigenvalue weighted by atomic mass is 19.4. The van der Waals surface area contributed by atoms with E-state index in [0.717, 1.165) is 25.5 Å². The molecule has 2 amide bonds. The summed E-state index contributed by atoms with van der Waals surface area (Å²) < 4.78 is 53.6. The van der Waals surface area contributed by atoms with Gasteiger partial charge in [-0.15, -0.1) is 0 Å². The predicted molar refractivity (Wildman–Crippen MR) is 110 cm³/mol. The molecule has 0 saturated carbocycles. The molecule has 0 bridgehead atoms. The van der Waals surface area contributed by atoms with Gasteiger partial charge in [-0.2, -0.15) is 13.2 Å². The highest BCUT2D eigenvalue weighted by Gasteiger charge is 2.33. The van der Waals surface area contributed by atoms with Crippen LogP contribution < -0.4 is 0 Å². The lowest BCUT2D eigenvalue weighted by Gasteiger charge is -2.33. The van der Waals surface area contributed by atoms with Crippen LogP contribution in [0.2, 0.25) is 0 Å². The minimum absolute atomic E-state index is 0.000933. The van der Waals surface area contributed by atoms with Crippen molar-refractivity contribution in [1.29, 1.82) is 0 Å². The quantitative estimate of drug-likeness (QED) is 0.694. The fraction of sp³-hybridized carbons (Fsp3) is 0.545. The van der Waals surface area contributed by atoms with E-state index in [9.17, 15) is 22.8 Å². The van der Waals surface area contributed by atoms with Crippen LogP contribution in [0.3, 0.4) is 0 Å². The molecule has 2 heterocycles. The molecular formula is C22H27F4N3O2. The number of carbonyl (C=O) groups is 2. The lowest BCUT2D eigenvalue weighted by molar-refractivity contribution is -0.138. The number of aromatic nitrogens is 1. The van der Waals surface area contributed by atoms with E-state index in [4.69, 9.17) is 0 Å². The number of aromatic amines is 1. The Balaban J connectivity index is 2.05. The SMILES string of the molecule is CC(=O)N1CCC[C@H](c2cc(C(C)C)c3cc(C(=O)N(C)CC(F)(F)F)[nH]c3c2F)C1. The van der Waals surface area contributed by atoms with E-state index < -0.39 is 24.4 Å². The van der Waals surface area contributed by atoms with E-state index in [-0.39, 0.29) is 29.0 Å². The van der Waals surface area contributed by atoms with Gasteiger partial charge in [0.05, 0.1) is 5.52 Å². The number of fused-ring (bicyclic) bond motifs is 1. The van der Waals surface area contributed by atoms with Gasteiger partial charge in [-0.25, -0.2) is 4.39 Å². The second-order valence-corrected chi connectivity index (χ2v) is 8.58. The van der Waals surface area contributed by atoms with Gasteiger partial charge < -0.3 is 14.8 Å². The predicted octanol–water partition coefficient (Wildman–Crippen LogP) is 4.79. The van der Waals surface area contributed by atoms with Crippen LogP contribution in [0.1, 0.15) is 67.1 Å². The molecule has 0 radical (unpaired) electrons. The zero-order valence-electron chi connectivity index (χ0n) is 18.1. The van der Waals surface area contributed by atoms with Crippen LogP contribution in [0.15, 0.2) is 12.1 Å². The van der Waals surface area contributed by atoms with Crippen molar-refractivity contribution in [2.24, 2.45) is 0 Å². The molecule has 9 heteroatoms. The van der Waals surface area contributed by atoms with Gasteiger partial charge in [0.15, 0.2) is 5.82 Å². The van der Waals surface area contributed by atoms with E-state index in [1.54, 1.807) is 11.0 Å². The van der Waals surface area contributed by atoms with E-state index in [1.165, 1.54) is 13.0 Å². The van der Waals surface area contributed by atoms with Gasteiger partial charge in [0.2, 0.25) is 5.91 Å². The van der Waals surface area contributed by atoms with E-state index in [2.05, 4.69) is 4.98 Å². The molecule has 3 rings (SSSR count). The Hall–Kier alpha value is -2.58. The molecule has 1 N–H and O–H groups in total. The minimum Gasteiger partial charge on any atom is -0.348 e. The number of nitrogens with zero attached hydrogens (tertiary/aromatic N) is 2. The minimum atomic E-state index is -4.53. The number of piperidine rings is 1. The zero-order chi connectivity index (χ0) is 23.1. The van der Waals surface area contributed by atoms with Crippen LogP contribution in [-0.2, 0) is 4.79 Å². The van der Waals surface area contributed by atoms with Crippen molar-refractivity contribution in [2.45, 2.75) is 51.6 Å². The second-order valence-electron chi connectivity index (χ2n) is 8.58. The number of nitrogens with one attached hydrogen (secondary N) is 1. The standard InChI is InChI=1S/C22H27F4N3O2/c1-12(2)15-8-16(14-6-5-7-29(10-14)13(3)30)19(23)20-17(15)9-18(27-20)21(31)28(4)11-22(24,25)26/h8-9,12,14,27H,5-7,10-11H2,1-4H3/t14-/m0/s1. The van der Waals surface area contributed by atoms with Gasteiger partial charge in [0.25, 0.3) is 5.91 Å². The largest absolute Gasteiger partial charge is 0.406 e. The Kier molecular flexibility index (Phi) is 6.34. The van der Waals surface area contributed by atoms with Gasteiger partial charge >= 0.3 is 6.18 Å². The van der Waals surface area contributed by atoms with Crippen molar-refractivity contribution < 1.29 is 27.2 Å². The van der Waals surface area contributed by atoms with Gasteiger partial charge in [-0.3, -0.25) is 9.59 Å². The highest BCUT2D eigenvalue weighted by molar-refractivity contribution is 5.99. The van der Waals surface area contributed by atoms with Gasteiger partial charge in [0.1, 0.15) is 12.2 Å². The van der Waals surface area contributed by atoms with Crippen LogP contribution in [-0.4, -0.2) is 59.5 Å². The van der Waals surface area contributed by atoms with Crippen LogP contribution in [0, 0.1) is 5.82 Å². The third-order valence-corrected chi connectivity index (χ3v) is 5.83. The summed E-state index contributed by atoms with van der Waals surface area (Å²) >= 11 is 0. The first-order chi connectivity index (χ1) is 14.4. The third kappa shape index (κ3) is 4.85. The number of H-pyrrole nitrogens is 1. The van der Waals surface area contributed by atoms with E-state index >= 15 is 4.39 Å². The van der Waals surface area contributed by atoms with Crippen molar-refractivity contribution in [2.75, 3.05) is 26.7 Å². The molecule has 5 nitrogen and oxygen atoms in total. The number of hydrogen-bond acceptors (Lipinski definition) is 2. The molecule has 0 spiro atoms. The van der Waals surface area contributed by atoms with Crippen molar-refractivity contribution >= 4 is 22.7 Å². The molecule has 0 unspecified atom stereocenters. The van der Waals surface area contributed by atoms with Crippen molar-refractivity contribution in [3.63, 3.8) is 0 Å². The Labute approximate surface area is 178 Å². The summed E-state index contributed by atoms with van der Waals surface area (Å²) in [5, 5.41) is 0.485. The maximum absolute atomic E-state index is 15.5. The molecule has 1 aliphatic heterocycles. The molecule has 31 heavy (non-hydrogen) atoms. The normalized spacial score (nSPS) is 17.5. The average Bonchev–Trinajstić information content (AvgIpc) is 3.12. The Morgan fingerprint density at radius 3 is 2.55 bits per heavy atom. The number of alkyl halides is 3. The van der Waals surface area contributed by atoms with E-state index in [1.807, 2.05) is 13.8 Å². The number of carbonyl (C=O) groups excluding carboxylic acids is 2. The number of hydrogen-bond donors (Lipinski definition) is 1. The fourth-order valence-corrected chi connectivity index (χ4v) is 4.26. The van der Waals surface area contributed by atoms with Gasteiger partial charge in [-0.1, -0.05) is 19.9 Å². The average molecular weight is 441 g/mol. The summed E-state index contributed by atoms with van der Waals surface area (Å²) in [4.78, 5) is 29.3. The molecule has 170 valence electrons.